The van der Waals surface area contributed by atoms with Crippen molar-refractivity contribution in [3.05, 3.63) is 58.6 Å². The van der Waals surface area contributed by atoms with Gasteiger partial charge in [0.1, 0.15) is 0 Å². The number of rotatable bonds is 3. The van der Waals surface area contributed by atoms with E-state index in [1.807, 2.05) is 6.07 Å². The summed E-state index contributed by atoms with van der Waals surface area (Å²) in [4.78, 5) is 12.2. The Kier molecular flexibility index (Phi) is 4.24. The maximum atomic E-state index is 12.2. The van der Waals surface area contributed by atoms with Crippen molar-refractivity contribution in [1.82, 2.24) is 0 Å². The molecule has 0 fully saturated rings. The lowest BCUT2D eigenvalue weighted by Gasteiger charge is -2.10. The molecule has 0 aliphatic carbocycles. The van der Waals surface area contributed by atoms with Gasteiger partial charge in [-0.25, -0.2) is 0 Å². The van der Waals surface area contributed by atoms with Gasteiger partial charge in [-0.3, -0.25) is 4.79 Å². The van der Waals surface area contributed by atoms with Crippen LogP contribution in [0.2, 0.25) is 5.02 Å². The molecule has 0 bridgehead atoms. The third-order valence-corrected chi connectivity index (χ3v) is 3.00. The van der Waals surface area contributed by atoms with Crippen LogP contribution >= 0.6 is 11.6 Å². The first-order valence-corrected chi connectivity index (χ1v) is 6.30. The van der Waals surface area contributed by atoms with Gasteiger partial charge in [0.25, 0.3) is 5.91 Å². The van der Waals surface area contributed by atoms with E-state index in [2.05, 4.69) is 10.6 Å². The molecule has 5 heteroatoms. The fourth-order valence-corrected chi connectivity index (χ4v) is 1.92. The Morgan fingerprint density at radius 1 is 1.20 bits per heavy atom. The van der Waals surface area contributed by atoms with Gasteiger partial charge in [0.05, 0.1) is 17.2 Å². The second-order valence-electron chi connectivity index (χ2n) is 4.08. The summed E-state index contributed by atoms with van der Waals surface area (Å²) in [7, 11) is 1.74. The SMILES string of the molecule is CNc1ccc(Cl)cc1C(=O)Nc1ccc(C#N)cc1. The molecule has 2 aromatic rings. The number of nitrogens with zero attached hydrogens (tertiary/aromatic N) is 1. The third-order valence-electron chi connectivity index (χ3n) is 2.77. The minimum Gasteiger partial charge on any atom is -0.387 e. The molecule has 2 aromatic carbocycles. The standard InChI is InChI=1S/C15H12ClN3O/c1-18-14-7-4-11(16)8-13(14)15(20)19-12-5-2-10(9-17)3-6-12/h2-8,18H,1H3,(H,19,20). The van der Waals surface area contributed by atoms with Gasteiger partial charge in [0.2, 0.25) is 0 Å². The molecule has 2 N–H and O–H groups in total. The molecule has 0 atom stereocenters. The van der Waals surface area contributed by atoms with Crippen molar-refractivity contribution >= 4 is 28.9 Å². The quantitative estimate of drug-likeness (QED) is 0.907. The van der Waals surface area contributed by atoms with Crippen LogP contribution in [0.25, 0.3) is 0 Å². The Labute approximate surface area is 122 Å². The predicted molar refractivity (Wildman–Crippen MR) is 80.1 cm³/mol. The van der Waals surface area contributed by atoms with E-state index >= 15 is 0 Å². The Balaban J connectivity index is 2.23. The number of carbonyl (C=O) groups is 1. The summed E-state index contributed by atoms with van der Waals surface area (Å²) in [6, 6.07) is 13.7. The minimum atomic E-state index is -0.262. The number of hydrogen-bond acceptors (Lipinski definition) is 3. The van der Waals surface area contributed by atoms with Gasteiger partial charge in [-0.2, -0.15) is 5.26 Å². The van der Waals surface area contributed by atoms with Crippen molar-refractivity contribution < 1.29 is 4.79 Å². The summed E-state index contributed by atoms with van der Waals surface area (Å²) < 4.78 is 0. The van der Waals surface area contributed by atoms with Gasteiger partial charge in [-0.05, 0) is 42.5 Å². The van der Waals surface area contributed by atoms with Crippen molar-refractivity contribution in [1.29, 1.82) is 5.26 Å². The highest BCUT2D eigenvalue weighted by Gasteiger charge is 2.11. The van der Waals surface area contributed by atoms with E-state index in [4.69, 9.17) is 16.9 Å². The molecule has 0 radical (unpaired) electrons. The molecule has 0 saturated heterocycles. The van der Waals surface area contributed by atoms with Crippen LogP contribution in [0.15, 0.2) is 42.5 Å². The van der Waals surface area contributed by atoms with Gasteiger partial charge in [0.15, 0.2) is 0 Å². The number of halogens is 1. The molecular weight excluding hydrogens is 274 g/mol. The van der Waals surface area contributed by atoms with Gasteiger partial charge >= 0.3 is 0 Å². The lowest BCUT2D eigenvalue weighted by molar-refractivity contribution is 0.102. The molecule has 20 heavy (non-hydrogen) atoms. The number of anilines is 2. The number of carbonyl (C=O) groups excluding carboxylic acids is 1. The monoisotopic (exact) mass is 285 g/mol. The van der Waals surface area contributed by atoms with Crippen LogP contribution in [0.5, 0.6) is 0 Å². The van der Waals surface area contributed by atoms with E-state index in [1.165, 1.54) is 0 Å². The molecular formula is C15H12ClN3O. The third kappa shape index (κ3) is 3.08. The summed E-state index contributed by atoms with van der Waals surface area (Å²) in [6.07, 6.45) is 0. The molecule has 0 spiro atoms. The molecule has 0 aromatic heterocycles. The van der Waals surface area contributed by atoms with Crippen molar-refractivity contribution in [2.24, 2.45) is 0 Å². The van der Waals surface area contributed by atoms with E-state index in [0.29, 0.717) is 27.5 Å². The highest BCUT2D eigenvalue weighted by atomic mass is 35.5. The Morgan fingerprint density at radius 2 is 1.90 bits per heavy atom. The maximum absolute atomic E-state index is 12.2. The second kappa shape index (κ2) is 6.09. The lowest BCUT2D eigenvalue weighted by atomic mass is 10.1. The first kappa shape index (κ1) is 13.9. The summed E-state index contributed by atoms with van der Waals surface area (Å²) in [6.45, 7) is 0. The molecule has 4 nitrogen and oxygen atoms in total. The summed E-state index contributed by atoms with van der Waals surface area (Å²) in [5.74, 6) is -0.262. The summed E-state index contributed by atoms with van der Waals surface area (Å²) >= 11 is 5.92. The minimum absolute atomic E-state index is 0.262. The molecule has 100 valence electrons. The zero-order chi connectivity index (χ0) is 14.5. The van der Waals surface area contributed by atoms with Crippen LogP contribution in [-0.2, 0) is 0 Å². The first-order valence-electron chi connectivity index (χ1n) is 5.93. The van der Waals surface area contributed by atoms with Gasteiger partial charge in [-0.1, -0.05) is 11.6 Å². The van der Waals surface area contributed by atoms with Crippen LogP contribution in [0.3, 0.4) is 0 Å². The zero-order valence-corrected chi connectivity index (χ0v) is 11.5. The van der Waals surface area contributed by atoms with E-state index in [1.54, 1.807) is 49.5 Å². The van der Waals surface area contributed by atoms with Crippen molar-refractivity contribution in [3.63, 3.8) is 0 Å². The van der Waals surface area contributed by atoms with Crippen LogP contribution in [0, 0.1) is 11.3 Å². The van der Waals surface area contributed by atoms with E-state index in [-0.39, 0.29) is 5.91 Å². The lowest BCUT2D eigenvalue weighted by Crippen LogP contribution is -2.14. The summed E-state index contributed by atoms with van der Waals surface area (Å²) in [5, 5.41) is 14.9. The largest absolute Gasteiger partial charge is 0.387 e. The fraction of sp³-hybridized carbons (Fsp3) is 0.0667. The molecule has 0 saturated carbocycles. The number of hydrogen-bond donors (Lipinski definition) is 2. The zero-order valence-electron chi connectivity index (χ0n) is 10.8. The fourth-order valence-electron chi connectivity index (χ4n) is 1.75. The number of nitriles is 1. The molecule has 0 unspecified atom stereocenters. The van der Waals surface area contributed by atoms with Gasteiger partial charge in [-0.15, -0.1) is 0 Å². The van der Waals surface area contributed by atoms with Crippen LogP contribution in [0.1, 0.15) is 15.9 Å². The summed E-state index contributed by atoms with van der Waals surface area (Å²) in [5.41, 5.74) is 2.32. The number of benzene rings is 2. The van der Waals surface area contributed by atoms with Crippen molar-refractivity contribution in [3.8, 4) is 6.07 Å². The second-order valence-corrected chi connectivity index (χ2v) is 4.52. The molecule has 0 aliphatic rings. The normalized spacial score (nSPS) is 9.65. The smallest absolute Gasteiger partial charge is 0.257 e. The number of nitrogens with one attached hydrogen (secondary N) is 2. The Bertz CT molecular complexity index is 675. The molecule has 2 rings (SSSR count). The van der Waals surface area contributed by atoms with Crippen LogP contribution in [-0.4, -0.2) is 13.0 Å². The highest BCUT2D eigenvalue weighted by molar-refractivity contribution is 6.31. The van der Waals surface area contributed by atoms with Crippen molar-refractivity contribution in [2.45, 2.75) is 0 Å². The van der Waals surface area contributed by atoms with E-state index in [0.717, 1.165) is 0 Å². The first-order chi connectivity index (χ1) is 9.63. The highest BCUT2D eigenvalue weighted by Crippen LogP contribution is 2.21. The average molecular weight is 286 g/mol. The Morgan fingerprint density at radius 3 is 2.50 bits per heavy atom. The maximum Gasteiger partial charge on any atom is 0.257 e. The van der Waals surface area contributed by atoms with Crippen LogP contribution < -0.4 is 10.6 Å². The number of amides is 1. The average Bonchev–Trinajstić information content (AvgIpc) is 2.48. The van der Waals surface area contributed by atoms with Gasteiger partial charge < -0.3 is 10.6 Å². The molecule has 0 aliphatic heterocycles. The van der Waals surface area contributed by atoms with Crippen molar-refractivity contribution in [2.75, 3.05) is 17.7 Å². The van der Waals surface area contributed by atoms with Gasteiger partial charge in [0, 0.05) is 23.4 Å². The van der Waals surface area contributed by atoms with Crippen LogP contribution in [0.4, 0.5) is 11.4 Å². The predicted octanol–water partition coefficient (Wildman–Crippen LogP) is 3.51. The molecule has 1 amide bonds. The van der Waals surface area contributed by atoms with E-state index in [9.17, 15) is 4.79 Å². The topological polar surface area (TPSA) is 64.9 Å². The Hall–Kier alpha value is -2.51. The molecule has 0 heterocycles. The van der Waals surface area contributed by atoms with E-state index < -0.39 is 0 Å².